The largest absolute Gasteiger partial charge is 0.507 e. The van der Waals surface area contributed by atoms with E-state index in [4.69, 9.17) is 5.73 Å². The number of aliphatic hydroxyl groups excluding tert-OH is 3. The molecule has 0 spiro atoms. The molecule has 5 rings (SSSR count). The zero-order chi connectivity index (χ0) is 35.7. The third-order valence-electron chi connectivity index (χ3n) is 11.1. The molecule has 0 saturated heterocycles. The zero-order valence-corrected chi connectivity index (χ0v) is 27.4. The van der Waals surface area contributed by atoms with Crippen LogP contribution in [-0.2, 0) is 25.5 Å². The summed E-state index contributed by atoms with van der Waals surface area (Å²) in [7, 11) is 1.12. The molecule has 9 atom stereocenters. The van der Waals surface area contributed by atoms with Crippen molar-refractivity contribution in [3.63, 3.8) is 0 Å². The third-order valence-corrected chi connectivity index (χ3v) is 11.1. The number of aromatic hydroxyl groups is 1. The molecule has 2 aromatic rings. The van der Waals surface area contributed by atoms with E-state index in [0.717, 1.165) is 7.11 Å². The van der Waals surface area contributed by atoms with Crippen LogP contribution in [0.15, 0.2) is 36.4 Å². The highest BCUT2D eigenvalue weighted by Crippen LogP contribution is 2.66. The van der Waals surface area contributed by atoms with Gasteiger partial charge in [0, 0.05) is 11.0 Å². The van der Waals surface area contributed by atoms with Crippen LogP contribution >= 0.6 is 0 Å². The molecule has 0 heterocycles. The molecule has 2 fully saturated rings. The van der Waals surface area contributed by atoms with Gasteiger partial charge in [0.1, 0.15) is 17.8 Å². The maximum absolute atomic E-state index is 14.4. The molecule has 3 aliphatic carbocycles. The topological polar surface area (TPSA) is 234 Å². The summed E-state index contributed by atoms with van der Waals surface area (Å²) in [6, 6.07) is 7.90. The van der Waals surface area contributed by atoms with Gasteiger partial charge in [-0.25, -0.2) is 4.79 Å². The number of hydrogen-bond donors (Lipinski definition) is 7. The lowest BCUT2D eigenvalue weighted by atomic mass is 9.39. The Hall–Kier alpha value is -4.17. The van der Waals surface area contributed by atoms with Gasteiger partial charge in [0.25, 0.3) is 5.91 Å². The Labute approximate surface area is 277 Å². The maximum atomic E-state index is 14.4. The summed E-state index contributed by atoms with van der Waals surface area (Å²) in [4.78, 5) is 65.7. The van der Waals surface area contributed by atoms with E-state index in [0.29, 0.717) is 16.7 Å². The number of ether oxygens (including phenoxy) is 1. The molecule has 2 saturated carbocycles. The Bertz CT molecular complexity index is 1710. The van der Waals surface area contributed by atoms with Crippen LogP contribution in [0.4, 0.5) is 0 Å². The Morgan fingerprint density at radius 3 is 2.35 bits per heavy atom. The number of aliphatic hydroxyl groups is 4. The van der Waals surface area contributed by atoms with Crippen molar-refractivity contribution in [2.75, 3.05) is 13.7 Å². The highest BCUT2D eigenvalue weighted by molar-refractivity contribution is 6.10. The molecule has 13 nitrogen and oxygen atoms in total. The number of Topliss-reactive ketones (excluding diaryl/α,β-unsaturated/α-hetero) is 2. The quantitative estimate of drug-likeness (QED) is 0.159. The van der Waals surface area contributed by atoms with Gasteiger partial charge in [0.15, 0.2) is 23.2 Å². The average Bonchev–Trinajstić information content (AvgIpc) is 3.00. The van der Waals surface area contributed by atoms with E-state index in [-0.39, 0.29) is 35.6 Å². The Kier molecular flexibility index (Phi) is 8.83. The van der Waals surface area contributed by atoms with Gasteiger partial charge in [0.05, 0.1) is 31.3 Å². The maximum Gasteiger partial charge on any atom is 0.330 e. The number of carbonyl (C=O) groups is 5. The Morgan fingerprint density at radius 1 is 1.10 bits per heavy atom. The Morgan fingerprint density at radius 2 is 1.77 bits per heavy atom. The number of methoxy groups -OCH3 is 1. The fourth-order valence-corrected chi connectivity index (χ4v) is 9.19. The first-order valence-corrected chi connectivity index (χ1v) is 15.8. The summed E-state index contributed by atoms with van der Waals surface area (Å²) < 4.78 is 4.61. The molecule has 258 valence electrons. The van der Waals surface area contributed by atoms with E-state index >= 15 is 0 Å². The number of rotatable bonds is 7. The fourth-order valence-electron chi connectivity index (χ4n) is 9.19. The van der Waals surface area contributed by atoms with Crippen molar-refractivity contribution in [1.29, 1.82) is 0 Å². The van der Waals surface area contributed by atoms with Crippen LogP contribution in [0.3, 0.4) is 0 Å². The predicted molar refractivity (Wildman–Crippen MR) is 169 cm³/mol. The Balaban J connectivity index is 1.63. The molecule has 0 bridgehead atoms. The minimum Gasteiger partial charge on any atom is -0.507 e. The highest BCUT2D eigenvalue weighted by Gasteiger charge is 2.75. The molecule has 3 aliphatic rings. The number of nitrogens with one attached hydrogen (secondary N) is 1. The lowest BCUT2D eigenvalue weighted by molar-refractivity contribution is -0.265. The molecular formula is C35H42N2O11. The summed E-state index contributed by atoms with van der Waals surface area (Å²) in [5, 5.41) is 58.6. The molecule has 2 amide bonds. The summed E-state index contributed by atoms with van der Waals surface area (Å²) >= 11 is 0. The zero-order valence-electron chi connectivity index (χ0n) is 27.4. The number of carbonyl (C=O) groups excluding carboxylic acids is 5. The summed E-state index contributed by atoms with van der Waals surface area (Å²) in [5.41, 5.74) is 1.69. The van der Waals surface area contributed by atoms with Gasteiger partial charge in [-0.15, -0.1) is 0 Å². The van der Waals surface area contributed by atoms with Gasteiger partial charge in [-0.05, 0) is 65.0 Å². The first kappa shape index (κ1) is 35.1. The fraction of sp³-hybridized carbons (Fsp3) is 0.514. The molecule has 48 heavy (non-hydrogen) atoms. The second-order valence-electron chi connectivity index (χ2n) is 14.3. The second-order valence-corrected chi connectivity index (χ2v) is 14.3. The minimum atomic E-state index is -2.62. The number of fused-ring (bicyclic) bond motifs is 3. The van der Waals surface area contributed by atoms with Gasteiger partial charge in [-0.1, -0.05) is 45.9 Å². The van der Waals surface area contributed by atoms with E-state index in [9.17, 15) is 49.5 Å². The lowest BCUT2D eigenvalue weighted by Crippen LogP contribution is -2.79. The molecule has 13 heteroatoms. The summed E-state index contributed by atoms with van der Waals surface area (Å²) in [6.07, 6.45) is -3.48. The highest BCUT2D eigenvalue weighted by atomic mass is 16.5. The second kappa shape index (κ2) is 12.1. The van der Waals surface area contributed by atoms with Crippen molar-refractivity contribution in [3.05, 3.63) is 53.1 Å². The predicted octanol–water partition coefficient (Wildman–Crippen LogP) is 0.504. The van der Waals surface area contributed by atoms with Crippen LogP contribution in [0, 0.1) is 34.5 Å². The normalized spacial score (nSPS) is 33.2. The van der Waals surface area contributed by atoms with Gasteiger partial charge >= 0.3 is 5.97 Å². The number of esters is 1. The number of benzene rings is 2. The number of phenols is 1. The monoisotopic (exact) mass is 666 g/mol. The van der Waals surface area contributed by atoms with Gasteiger partial charge in [-0.2, -0.15) is 0 Å². The van der Waals surface area contributed by atoms with E-state index in [1.165, 1.54) is 18.2 Å². The van der Waals surface area contributed by atoms with Crippen molar-refractivity contribution in [2.24, 2.45) is 40.2 Å². The third kappa shape index (κ3) is 4.94. The average molecular weight is 667 g/mol. The standard InChI is InChI=1S/C35H42N2O11/c1-15(2)24-27(41)23(30(36)44)28(42)35(47)29(43)25-26(40)22-19(12-33(25,3)14-34(24,35)4)18(9-10-21(22)39)16-7-6-8-17(11-16)31(45)37-20(13-38)32(46)48-5/h6-11,15,20,23-25,27,29,38-39,41,43,47H,12-14H2,1-5H3,(H2,36,44)(H,37,45)/t20?,23-,24+,25-,27?,29?,33-,34-,35+/m1/s1. The van der Waals surface area contributed by atoms with Gasteiger partial charge in [0.2, 0.25) is 5.91 Å². The van der Waals surface area contributed by atoms with E-state index in [1.54, 1.807) is 45.9 Å². The van der Waals surface area contributed by atoms with Crippen molar-refractivity contribution >= 4 is 29.4 Å². The van der Waals surface area contributed by atoms with E-state index in [2.05, 4.69) is 10.1 Å². The van der Waals surface area contributed by atoms with Crippen LogP contribution in [0.25, 0.3) is 11.1 Å². The first-order valence-electron chi connectivity index (χ1n) is 15.8. The SMILES string of the molecule is COC(=O)C(CO)NC(=O)c1cccc(-c2ccc(O)c3c2C[C@]2(C)C[C@]4(C)[C@@H](C(C)C)C(O)[C@@H](C(N)=O)C(=O)[C@]4(O)C(O)[C@H]2C3=O)c1. The van der Waals surface area contributed by atoms with E-state index in [1.807, 2.05) is 0 Å². The number of hydrogen-bond acceptors (Lipinski definition) is 11. The smallest absolute Gasteiger partial charge is 0.330 e. The van der Waals surface area contributed by atoms with Crippen LogP contribution in [0.2, 0.25) is 0 Å². The van der Waals surface area contributed by atoms with Crippen LogP contribution in [0.1, 0.15) is 60.4 Å². The molecule has 0 aromatic heterocycles. The molecule has 0 radical (unpaired) electrons. The van der Waals surface area contributed by atoms with Crippen LogP contribution in [0.5, 0.6) is 5.75 Å². The number of primary amides is 1. The first-order chi connectivity index (χ1) is 22.4. The molecule has 2 aromatic carbocycles. The molecule has 0 aliphatic heterocycles. The van der Waals surface area contributed by atoms with Gasteiger partial charge < -0.3 is 41.3 Å². The number of phenolic OH excluding ortho intramolecular Hbond substituents is 1. The number of amides is 2. The van der Waals surface area contributed by atoms with Crippen molar-refractivity contribution in [1.82, 2.24) is 5.32 Å². The minimum absolute atomic E-state index is 0.0197. The van der Waals surface area contributed by atoms with Crippen molar-refractivity contribution in [2.45, 2.75) is 64.4 Å². The van der Waals surface area contributed by atoms with Crippen molar-refractivity contribution < 1.29 is 54.2 Å². The lowest BCUT2D eigenvalue weighted by Gasteiger charge is -2.66. The van der Waals surface area contributed by atoms with Crippen molar-refractivity contribution in [3.8, 4) is 16.9 Å². The number of nitrogens with two attached hydrogens (primary N) is 1. The number of ketones is 2. The summed E-state index contributed by atoms with van der Waals surface area (Å²) in [6.45, 7) is 6.18. The molecule has 8 N–H and O–H groups in total. The molecular weight excluding hydrogens is 624 g/mol. The van der Waals surface area contributed by atoms with Crippen LogP contribution < -0.4 is 11.1 Å². The van der Waals surface area contributed by atoms with E-state index < -0.39 is 88.4 Å². The molecule has 3 unspecified atom stereocenters. The van der Waals surface area contributed by atoms with Gasteiger partial charge in [-0.3, -0.25) is 19.2 Å². The summed E-state index contributed by atoms with van der Waals surface area (Å²) in [5.74, 6) is -9.33. The van der Waals surface area contributed by atoms with Crippen LogP contribution in [-0.4, -0.2) is 92.5 Å².